The molecule has 1 aromatic heterocycles. The zero-order valence-electron chi connectivity index (χ0n) is 15.2. The van der Waals surface area contributed by atoms with Crippen molar-refractivity contribution in [3.8, 4) is 0 Å². The number of thiophene rings is 1. The summed E-state index contributed by atoms with van der Waals surface area (Å²) in [6.45, 7) is 6.92. The lowest BCUT2D eigenvalue weighted by molar-refractivity contribution is -0.895. The van der Waals surface area contributed by atoms with E-state index in [2.05, 4.69) is 19.2 Å². The number of sulfonamides is 1. The van der Waals surface area contributed by atoms with E-state index in [9.17, 15) is 13.2 Å². The van der Waals surface area contributed by atoms with Crippen LogP contribution >= 0.6 is 11.3 Å². The van der Waals surface area contributed by atoms with Crippen LogP contribution in [0.4, 0.5) is 0 Å². The summed E-state index contributed by atoms with van der Waals surface area (Å²) in [6, 6.07) is 3.61. The predicted molar refractivity (Wildman–Crippen MR) is 100 cm³/mol. The Morgan fingerprint density at radius 2 is 2.08 bits per heavy atom. The third kappa shape index (κ3) is 6.06. The van der Waals surface area contributed by atoms with Gasteiger partial charge in [0.2, 0.25) is 0 Å². The first-order chi connectivity index (χ1) is 11.9. The number of amides is 1. The van der Waals surface area contributed by atoms with E-state index in [4.69, 9.17) is 0 Å². The van der Waals surface area contributed by atoms with Crippen LogP contribution in [0.25, 0.3) is 0 Å². The average molecular weight is 389 g/mol. The van der Waals surface area contributed by atoms with Gasteiger partial charge in [0.05, 0.1) is 26.2 Å². The molecular weight excluding hydrogens is 358 g/mol. The smallest absolute Gasteiger partial charge is 0.275 e. The van der Waals surface area contributed by atoms with Crippen LogP contribution in [0.3, 0.4) is 0 Å². The number of carbonyl (C=O) groups excluding carboxylic acids is 1. The van der Waals surface area contributed by atoms with Gasteiger partial charge in [-0.25, -0.2) is 8.42 Å². The first kappa shape index (κ1) is 20.4. The SMILES string of the molecule is CCCCC[C@H](C)NC(=O)C[NH+]1CCN(S(=O)(=O)c2cccs2)CC1. The third-order valence-electron chi connectivity index (χ3n) is 4.58. The molecule has 142 valence electrons. The first-order valence-electron chi connectivity index (χ1n) is 9.10. The minimum absolute atomic E-state index is 0.0635. The Bertz CT molecular complexity index is 624. The Morgan fingerprint density at radius 1 is 1.36 bits per heavy atom. The topological polar surface area (TPSA) is 70.9 Å². The molecule has 1 atom stereocenters. The maximum Gasteiger partial charge on any atom is 0.275 e. The molecule has 8 heteroatoms. The molecule has 1 saturated heterocycles. The quantitative estimate of drug-likeness (QED) is 0.613. The molecule has 1 amide bonds. The number of carbonyl (C=O) groups is 1. The third-order valence-corrected chi connectivity index (χ3v) is 7.85. The van der Waals surface area contributed by atoms with Crippen molar-refractivity contribution in [1.82, 2.24) is 9.62 Å². The van der Waals surface area contributed by atoms with E-state index in [0.717, 1.165) is 17.7 Å². The van der Waals surface area contributed by atoms with Crippen LogP contribution in [0.15, 0.2) is 21.7 Å². The lowest BCUT2D eigenvalue weighted by Crippen LogP contribution is -3.15. The summed E-state index contributed by atoms with van der Waals surface area (Å²) in [5.74, 6) is 0.0635. The Kier molecular flexibility index (Phi) is 7.86. The minimum Gasteiger partial charge on any atom is -0.349 e. The van der Waals surface area contributed by atoms with Crippen molar-refractivity contribution in [2.24, 2.45) is 0 Å². The summed E-state index contributed by atoms with van der Waals surface area (Å²) in [5.41, 5.74) is 0. The lowest BCUT2D eigenvalue weighted by Gasteiger charge is -2.31. The highest BCUT2D eigenvalue weighted by atomic mass is 32.2. The van der Waals surface area contributed by atoms with Gasteiger partial charge in [-0.05, 0) is 24.8 Å². The number of hydrogen-bond donors (Lipinski definition) is 2. The number of nitrogens with one attached hydrogen (secondary N) is 2. The van der Waals surface area contributed by atoms with Gasteiger partial charge in [-0.3, -0.25) is 4.79 Å². The van der Waals surface area contributed by atoms with Crippen molar-refractivity contribution in [2.45, 2.75) is 49.8 Å². The fourth-order valence-electron chi connectivity index (χ4n) is 3.08. The molecule has 0 aliphatic carbocycles. The van der Waals surface area contributed by atoms with Gasteiger partial charge in [-0.1, -0.05) is 32.3 Å². The summed E-state index contributed by atoms with van der Waals surface area (Å²) >= 11 is 1.25. The Labute approximate surface area is 155 Å². The van der Waals surface area contributed by atoms with Gasteiger partial charge in [0.25, 0.3) is 15.9 Å². The summed E-state index contributed by atoms with van der Waals surface area (Å²) in [6.07, 6.45) is 4.54. The molecule has 0 bridgehead atoms. The van der Waals surface area contributed by atoms with Gasteiger partial charge >= 0.3 is 0 Å². The fourth-order valence-corrected chi connectivity index (χ4v) is 5.67. The largest absolute Gasteiger partial charge is 0.349 e. The second kappa shape index (κ2) is 9.66. The highest BCUT2D eigenvalue weighted by Gasteiger charge is 2.31. The van der Waals surface area contributed by atoms with Crippen LogP contribution in [0.2, 0.25) is 0 Å². The zero-order chi connectivity index (χ0) is 18.3. The van der Waals surface area contributed by atoms with E-state index in [-0.39, 0.29) is 11.9 Å². The van der Waals surface area contributed by atoms with Crippen molar-refractivity contribution < 1.29 is 18.1 Å². The van der Waals surface area contributed by atoms with Crippen LogP contribution in [-0.4, -0.2) is 57.4 Å². The molecule has 0 saturated carbocycles. The van der Waals surface area contributed by atoms with Crippen molar-refractivity contribution in [1.29, 1.82) is 0 Å². The standard InChI is InChI=1S/C17H29N3O3S2/c1-3-4-5-7-15(2)18-16(21)14-19-9-11-20(12-10-19)25(22,23)17-8-6-13-24-17/h6,8,13,15H,3-5,7,9-12,14H2,1-2H3,(H,18,21)/p+1/t15-/m0/s1. The van der Waals surface area contributed by atoms with Gasteiger partial charge in [0, 0.05) is 6.04 Å². The zero-order valence-corrected chi connectivity index (χ0v) is 16.8. The predicted octanol–water partition coefficient (Wildman–Crippen LogP) is 0.722. The molecule has 1 aromatic rings. The number of rotatable bonds is 9. The van der Waals surface area contributed by atoms with Gasteiger partial charge < -0.3 is 10.2 Å². The normalized spacial score (nSPS) is 18.2. The van der Waals surface area contributed by atoms with Crippen molar-refractivity contribution in [2.75, 3.05) is 32.7 Å². The summed E-state index contributed by atoms with van der Waals surface area (Å²) < 4.78 is 26.9. The molecule has 2 heterocycles. The summed E-state index contributed by atoms with van der Waals surface area (Å²) in [7, 11) is -3.36. The number of nitrogens with zero attached hydrogens (tertiary/aromatic N) is 1. The van der Waals surface area contributed by atoms with Gasteiger partial charge in [0.1, 0.15) is 4.21 Å². The molecule has 1 aliphatic rings. The molecule has 25 heavy (non-hydrogen) atoms. The van der Waals surface area contributed by atoms with Gasteiger partial charge in [-0.15, -0.1) is 11.3 Å². The molecule has 6 nitrogen and oxygen atoms in total. The number of hydrogen-bond acceptors (Lipinski definition) is 4. The number of quaternary nitrogens is 1. The highest BCUT2D eigenvalue weighted by Crippen LogP contribution is 2.20. The number of unbranched alkanes of at least 4 members (excludes halogenated alkanes) is 2. The minimum atomic E-state index is -3.36. The Hall–Kier alpha value is -0.960. The van der Waals surface area contributed by atoms with E-state index >= 15 is 0 Å². The summed E-state index contributed by atoms with van der Waals surface area (Å²) in [5, 5.41) is 4.84. The second-order valence-corrected chi connectivity index (χ2v) is 9.84. The Balaban J connectivity index is 1.74. The molecule has 1 fully saturated rings. The maximum atomic E-state index is 12.5. The number of piperazine rings is 1. The van der Waals surface area contributed by atoms with E-state index in [1.165, 1.54) is 28.5 Å². The van der Waals surface area contributed by atoms with Crippen LogP contribution < -0.4 is 10.2 Å². The summed E-state index contributed by atoms with van der Waals surface area (Å²) in [4.78, 5) is 13.3. The van der Waals surface area contributed by atoms with E-state index in [1.807, 2.05) is 0 Å². The van der Waals surface area contributed by atoms with Crippen LogP contribution in [0.5, 0.6) is 0 Å². The Morgan fingerprint density at radius 3 is 2.68 bits per heavy atom. The molecule has 0 spiro atoms. The molecular formula is C17H30N3O3S2+. The van der Waals surface area contributed by atoms with Gasteiger partial charge in [0.15, 0.2) is 6.54 Å². The van der Waals surface area contributed by atoms with E-state index in [0.29, 0.717) is 36.9 Å². The average Bonchev–Trinajstić information content (AvgIpc) is 3.10. The lowest BCUT2D eigenvalue weighted by atomic mass is 10.1. The monoisotopic (exact) mass is 388 g/mol. The molecule has 0 unspecified atom stereocenters. The molecule has 2 rings (SSSR count). The van der Waals surface area contributed by atoms with Crippen molar-refractivity contribution >= 4 is 27.3 Å². The van der Waals surface area contributed by atoms with Crippen molar-refractivity contribution in [3.63, 3.8) is 0 Å². The maximum absolute atomic E-state index is 12.5. The second-order valence-electron chi connectivity index (χ2n) is 6.73. The highest BCUT2D eigenvalue weighted by molar-refractivity contribution is 7.91. The van der Waals surface area contributed by atoms with Crippen molar-refractivity contribution in [3.05, 3.63) is 17.5 Å². The fraction of sp³-hybridized carbons (Fsp3) is 0.706. The van der Waals surface area contributed by atoms with Gasteiger partial charge in [-0.2, -0.15) is 4.31 Å². The van der Waals surface area contributed by atoms with Crippen LogP contribution in [0.1, 0.15) is 39.5 Å². The molecule has 0 radical (unpaired) electrons. The van der Waals surface area contributed by atoms with E-state index < -0.39 is 10.0 Å². The molecule has 1 aliphatic heterocycles. The molecule has 0 aromatic carbocycles. The first-order valence-corrected chi connectivity index (χ1v) is 11.4. The van der Waals surface area contributed by atoms with Crippen LogP contribution in [0, 0.1) is 0 Å². The molecule has 2 N–H and O–H groups in total. The van der Waals surface area contributed by atoms with Crippen LogP contribution in [-0.2, 0) is 14.8 Å². The van der Waals surface area contributed by atoms with E-state index in [1.54, 1.807) is 17.5 Å².